The summed E-state index contributed by atoms with van der Waals surface area (Å²) >= 11 is 0. The molecule has 0 spiro atoms. The third-order valence-corrected chi connectivity index (χ3v) is 3.08. The van der Waals surface area contributed by atoms with Gasteiger partial charge in [-0.2, -0.15) is 0 Å². The van der Waals surface area contributed by atoms with E-state index in [0.717, 1.165) is 38.4 Å². The molecule has 2 nitrogen and oxygen atoms in total. The van der Waals surface area contributed by atoms with E-state index in [1.54, 1.807) is 0 Å². The Balaban J connectivity index is 1.72. The number of ether oxygens (including phenoxy) is 1. The molecule has 2 heteroatoms. The summed E-state index contributed by atoms with van der Waals surface area (Å²) in [5, 5.41) is 9.83. The fraction of sp³-hybridized carbons (Fsp3) is 1.00. The predicted molar refractivity (Wildman–Crippen MR) is 46.9 cm³/mol. The summed E-state index contributed by atoms with van der Waals surface area (Å²) in [7, 11) is 0. The molecule has 1 saturated heterocycles. The summed E-state index contributed by atoms with van der Waals surface area (Å²) in [5.74, 6) is 1.38. The van der Waals surface area contributed by atoms with Crippen LogP contribution in [0.5, 0.6) is 0 Å². The Hall–Kier alpha value is -0.0800. The summed E-state index contributed by atoms with van der Waals surface area (Å²) in [5.41, 5.74) is 0. The Morgan fingerprint density at radius 2 is 1.83 bits per heavy atom. The van der Waals surface area contributed by atoms with Crippen LogP contribution in [-0.2, 0) is 4.74 Å². The molecule has 0 radical (unpaired) electrons. The van der Waals surface area contributed by atoms with Crippen LogP contribution in [0.25, 0.3) is 0 Å². The Kier molecular flexibility index (Phi) is 2.66. The van der Waals surface area contributed by atoms with E-state index in [-0.39, 0.29) is 6.10 Å². The van der Waals surface area contributed by atoms with Gasteiger partial charge in [0, 0.05) is 13.2 Å². The van der Waals surface area contributed by atoms with Crippen LogP contribution < -0.4 is 0 Å². The summed E-state index contributed by atoms with van der Waals surface area (Å²) in [4.78, 5) is 0. The molecule has 12 heavy (non-hydrogen) atoms. The normalized spacial score (nSPS) is 28.8. The third-order valence-electron chi connectivity index (χ3n) is 3.08. The molecule has 0 aromatic rings. The van der Waals surface area contributed by atoms with Crippen LogP contribution in [0, 0.1) is 11.8 Å². The van der Waals surface area contributed by atoms with Crippen molar-refractivity contribution in [1.29, 1.82) is 0 Å². The van der Waals surface area contributed by atoms with Crippen LogP contribution in [0.2, 0.25) is 0 Å². The van der Waals surface area contributed by atoms with E-state index in [1.807, 2.05) is 0 Å². The molecule has 70 valence electrons. The van der Waals surface area contributed by atoms with Gasteiger partial charge in [-0.05, 0) is 31.1 Å². The van der Waals surface area contributed by atoms with E-state index in [2.05, 4.69) is 0 Å². The second-order valence-electron chi connectivity index (χ2n) is 4.20. The fourth-order valence-corrected chi connectivity index (χ4v) is 1.99. The predicted octanol–water partition coefficient (Wildman–Crippen LogP) is 1.57. The highest BCUT2D eigenvalue weighted by Crippen LogP contribution is 2.36. The van der Waals surface area contributed by atoms with Gasteiger partial charge in [0.05, 0.1) is 6.10 Å². The van der Waals surface area contributed by atoms with Gasteiger partial charge in [0.1, 0.15) is 0 Å². The van der Waals surface area contributed by atoms with Gasteiger partial charge in [-0.25, -0.2) is 0 Å². The van der Waals surface area contributed by atoms with Crippen LogP contribution in [-0.4, -0.2) is 24.4 Å². The molecule has 2 fully saturated rings. The minimum absolute atomic E-state index is 0.0404. The lowest BCUT2D eigenvalue weighted by molar-refractivity contribution is 0.00293. The lowest BCUT2D eigenvalue weighted by Gasteiger charge is -2.26. The van der Waals surface area contributed by atoms with Crippen molar-refractivity contribution in [2.24, 2.45) is 11.8 Å². The minimum Gasteiger partial charge on any atom is -0.393 e. The van der Waals surface area contributed by atoms with Gasteiger partial charge >= 0.3 is 0 Å². The third kappa shape index (κ3) is 2.20. The van der Waals surface area contributed by atoms with Crippen molar-refractivity contribution in [3.63, 3.8) is 0 Å². The summed E-state index contributed by atoms with van der Waals surface area (Å²) in [6.07, 6.45) is 5.83. The van der Waals surface area contributed by atoms with Crippen LogP contribution in [0.1, 0.15) is 32.1 Å². The Bertz CT molecular complexity index is 137. The summed E-state index contributed by atoms with van der Waals surface area (Å²) < 4.78 is 5.26. The van der Waals surface area contributed by atoms with E-state index >= 15 is 0 Å². The summed E-state index contributed by atoms with van der Waals surface area (Å²) in [6, 6.07) is 0. The van der Waals surface area contributed by atoms with Crippen molar-refractivity contribution in [3.05, 3.63) is 0 Å². The Morgan fingerprint density at radius 1 is 1.17 bits per heavy atom. The maximum absolute atomic E-state index is 9.83. The van der Waals surface area contributed by atoms with Gasteiger partial charge in [-0.1, -0.05) is 12.8 Å². The molecular formula is C10H18O2. The lowest BCUT2D eigenvalue weighted by Crippen LogP contribution is -2.27. The molecule has 0 aromatic heterocycles. The average molecular weight is 170 g/mol. The zero-order chi connectivity index (χ0) is 8.39. The fourth-order valence-electron chi connectivity index (χ4n) is 1.99. The first-order valence-electron chi connectivity index (χ1n) is 5.12. The first-order chi connectivity index (χ1) is 5.86. The Morgan fingerprint density at radius 3 is 2.42 bits per heavy atom. The molecule has 1 unspecified atom stereocenters. The molecule has 2 aliphatic rings. The molecule has 2 rings (SSSR count). The first kappa shape index (κ1) is 8.52. The van der Waals surface area contributed by atoms with Crippen molar-refractivity contribution < 1.29 is 9.84 Å². The van der Waals surface area contributed by atoms with Gasteiger partial charge < -0.3 is 9.84 Å². The van der Waals surface area contributed by atoms with E-state index < -0.39 is 0 Å². The molecular weight excluding hydrogens is 152 g/mol. The smallest absolute Gasteiger partial charge is 0.0572 e. The zero-order valence-corrected chi connectivity index (χ0v) is 7.54. The largest absolute Gasteiger partial charge is 0.393 e. The van der Waals surface area contributed by atoms with Crippen LogP contribution in [0.4, 0.5) is 0 Å². The number of aliphatic hydroxyl groups is 1. The molecule has 0 aromatic carbocycles. The van der Waals surface area contributed by atoms with Gasteiger partial charge in [0.15, 0.2) is 0 Å². The van der Waals surface area contributed by atoms with Crippen molar-refractivity contribution in [2.45, 2.75) is 38.2 Å². The Labute approximate surface area is 73.9 Å². The number of hydrogen-bond donors (Lipinski definition) is 1. The molecule has 1 saturated carbocycles. The lowest BCUT2D eigenvalue weighted by atomic mass is 9.91. The topological polar surface area (TPSA) is 29.5 Å². The molecule has 1 aliphatic carbocycles. The van der Waals surface area contributed by atoms with Crippen LogP contribution >= 0.6 is 0 Å². The maximum Gasteiger partial charge on any atom is 0.0572 e. The molecule has 1 N–H and O–H groups in total. The summed E-state index contributed by atoms with van der Waals surface area (Å²) in [6.45, 7) is 1.71. The average Bonchev–Trinajstić information content (AvgIpc) is 2.90. The highest BCUT2D eigenvalue weighted by molar-refractivity contribution is 4.80. The van der Waals surface area contributed by atoms with Gasteiger partial charge in [0.25, 0.3) is 0 Å². The molecule has 0 bridgehead atoms. The van der Waals surface area contributed by atoms with Crippen molar-refractivity contribution >= 4 is 0 Å². The van der Waals surface area contributed by atoms with Crippen LogP contribution in [0.15, 0.2) is 0 Å². The van der Waals surface area contributed by atoms with Crippen LogP contribution in [0.3, 0.4) is 0 Å². The number of hydrogen-bond acceptors (Lipinski definition) is 2. The van der Waals surface area contributed by atoms with Gasteiger partial charge in [0.2, 0.25) is 0 Å². The maximum atomic E-state index is 9.83. The number of aliphatic hydroxyl groups excluding tert-OH is 1. The highest BCUT2D eigenvalue weighted by atomic mass is 16.5. The molecule has 0 amide bonds. The van der Waals surface area contributed by atoms with E-state index in [1.165, 1.54) is 12.8 Å². The first-order valence-corrected chi connectivity index (χ1v) is 5.12. The molecule has 1 aliphatic heterocycles. The van der Waals surface area contributed by atoms with Crippen molar-refractivity contribution in [3.8, 4) is 0 Å². The van der Waals surface area contributed by atoms with E-state index in [4.69, 9.17) is 4.74 Å². The van der Waals surface area contributed by atoms with Crippen molar-refractivity contribution in [2.75, 3.05) is 13.2 Å². The SMILES string of the molecule is OC(CC1CC1)C1CCOCC1. The minimum atomic E-state index is -0.0404. The van der Waals surface area contributed by atoms with Crippen molar-refractivity contribution in [1.82, 2.24) is 0 Å². The van der Waals surface area contributed by atoms with Gasteiger partial charge in [-0.15, -0.1) is 0 Å². The van der Waals surface area contributed by atoms with E-state index in [0.29, 0.717) is 5.92 Å². The molecule has 1 atom stereocenters. The highest BCUT2D eigenvalue weighted by Gasteiger charge is 2.29. The monoisotopic (exact) mass is 170 g/mol. The quantitative estimate of drug-likeness (QED) is 0.696. The second kappa shape index (κ2) is 3.75. The van der Waals surface area contributed by atoms with Gasteiger partial charge in [-0.3, -0.25) is 0 Å². The molecule has 1 heterocycles. The standard InChI is InChI=1S/C10H18O2/c11-10(7-8-1-2-8)9-3-5-12-6-4-9/h8-11H,1-7H2. The zero-order valence-electron chi connectivity index (χ0n) is 7.54. The second-order valence-corrected chi connectivity index (χ2v) is 4.20. The van der Waals surface area contributed by atoms with E-state index in [9.17, 15) is 5.11 Å². The number of rotatable bonds is 3.